The summed E-state index contributed by atoms with van der Waals surface area (Å²) >= 11 is 13.3. The number of hydrogen-bond acceptors (Lipinski definition) is 5. The predicted octanol–water partition coefficient (Wildman–Crippen LogP) is 5.05. The molecule has 0 unspecified atom stereocenters. The summed E-state index contributed by atoms with van der Waals surface area (Å²) in [5.41, 5.74) is 0.529. The zero-order valence-corrected chi connectivity index (χ0v) is 17.7. The normalized spacial score (nSPS) is 10.8. The summed E-state index contributed by atoms with van der Waals surface area (Å²) in [5, 5.41) is 12.5. The van der Waals surface area contributed by atoms with Crippen LogP contribution in [0.5, 0.6) is 5.75 Å². The van der Waals surface area contributed by atoms with Crippen molar-refractivity contribution in [3.8, 4) is 5.75 Å². The molecule has 1 aromatic heterocycles. The Morgan fingerprint density at radius 3 is 2.69 bits per heavy atom. The molecule has 29 heavy (non-hydrogen) atoms. The number of anilines is 1. The van der Waals surface area contributed by atoms with Gasteiger partial charge in [-0.2, -0.15) is 0 Å². The van der Waals surface area contributed by atoms with Gasteiger partial charge in [0.05, 0.1) is 10.8 Å². The van der Waals surface area contributed by atoms with E-state index in [1.54, 1.807) is 18.2 Å². The fourth-order valence-electron chi connectivity index (χ4n) is 2.44. The van der Waals surface area contributed by atoms with Crippen molar-refractivity contribution in [3.05, 3.63) is 64.2 Å². The fourth-order valence-corrected chi connectivity index (χ4v) is 3.60. The molecule has 0 aliphatic heterocycles. The minimum absolute atomic E-state index is 0.135. The zero-order valence-electron chi connectivity index (χ0n) is 15.4. The summed E-state index contributed by atoms with van der Waals surface area (Å²) in [6.07, 6.45) is 0. The summed E-state index contributed by atoms with van der Waals surface area (Å²) in [6, 6.07) is 10.5. The van der Waals surface area contributed by atoms with Crippen molar-refractivity contribution >= 4 is 46.6 Å². The number of ether oxygens (including phenoxy) is 1. The van der Waals surface area contributed by atoms with Crippen LogP contribution in [0, 0.1) is 5.82 Å². The number of nitrogens with zero attached hydrogens (tertiary/aromatic N) is 3. The Bertz CT molecular complexity index is 998. The van der Waals surface area contributed by atoms with E-state index in [4.69, 9.17) is 27.9 Å². The molecule has 0 spiro atoms. The third kappa shape index (κ3) is 5.85. The number of benzene rings is 2. The highest BCUT2D eigenvalue weighted by molar-refractivity contribution is 7.99. The second-order valence-corrected chi connectivity index (χ2v) is 7.64. The van der Waals surface area contributed by atoms with Crippen molar-refractivity contribution in [2.45, 2.75) is 25.2 Å². The van der Waals surface area contributed by atoms with Crippen LogP contribution in [0.2, 0.25) is 10.0 Å². The molecule has 3 rings (SSSR count). The lowest BCUT2D eigenvalue weighted by Crippen LogP contribution is -2.15. The van der Waals surface area contributed by atoms with Gasteiger partial charge in [0.15, 0.2) is 11.0 Å². The van der Waals surface area contributed by atoms with Crippen molar-refractivity contribution in [3.63, 3.8) is 0 Å². The third-order valence-corrected chi connectivity index (χ3v) is 5.33. The number of hydrogen-bond donors (Lipinski definition) is 1. The lowest BCUT2D eigenvalue weighted by molar-refractivity contribution is -0.113. The molecule has 0 aliphatic rings. The van der Waals surface area contributed by atoms with Crippen LogP contribution in [0.25, 0.3) is 0 Å². The van der Waals surface area contributed by atoms with Crippen molar-refractivity contribution < 1.29 is 13.9 Å². The molecule has 10 heteroatoms. The first kappa shape index (κ1) is 21.4. The summed E-state index contributed by atoms with van der Waals surface area (Å²) in [6.45, 7) is 2.71. The van der Waals surface area contributed by atoms with E-state index in [1.165, 1.54) is 36.0 Å². The van der Waals surface area contributed by atoms with Crippen molar-refractivity contribution in [1.29, 1.82) is 0 Å². The molecule has 0 saturated carbocycles. The van der Waals surface area contributed by atoms with E-state index in [2.05, 4.69) is 15.5 Å². The summed E-state index contributed by atoms with van der Waals surface area (Å²) in [5.74, 6) is 0.608. The molecule has 152 valence electrons. The molecule has 0 saturated heterocycles. The molecule has 0 aliphatic carbocycles. The number of nitrogens with one attached hydrogen (secondary N) is 1. The maximum absolute atomic E-state index is 12.9. The number of rotatable bonds is 8. The van der Waals surface area contributed by atoms with Gasteiger partial charge in [-0.3, -0.25) is 4.79 Å². The number of carbonyl (C=O) groups excluding carboxylic acids is 1. The van der Waals surface area contributed by atoms with Crippen LogP contribution in [0.4, 0.5) is 10.1 Å². The van der Waals surface area contributed by atoms with Gasteiger partial charge in [0.25, 0.3) is 0 Å². The molecule has 0 radical (unpaired) electrons. The first-order valence-electron chi connectivity index (χ1n) is 8.64. The van der Waals surface area contributed by atoms with Gasteiger partial charge in [0, 0.05) is 23.3 Å². The molecule has 0 bridgehead atoms. The van der Waals surface area contributed by atoms with Gasteiger partial charge >= 0.3 is 0 Å². The van der Waals surface area contributed by atoms with E-state index in [-0.39, 0.29) is 24.1 Å². The minimum Gasteiger partial charge on any atom is -0.484 e. The van der Waals surface area contributed by atoms with Crippen LogP contribution in [-0.2, 0) is 17.9 Å². The van der Waals surface area contributed by atoms with Gasteiger partial charge in [-0.25, -0.2) is 4.39 Å². The standard InChI is InChI=1S/C19H17Cl2FN4O2S/c1-2-26-17(10-28-16-9-12(20)3-8-15(16)21)24-25-19(26)29-11-18(27)23-14-6-4-13(22)5-7-14/h3-9H,2,10-11H2,1H3,(H,23,27). The Morgan fingerprint density at radius 1 is 1.21 bits per heavy atom. The van der Waals surface area contributed by atoms with Crippen molar-refractivity contribution in [2.75, 3.05) is 11.1 Å². The second kappa shape index (κ2) is 9.96. The molecular formula is C19H17Cl2FN4O2S. The Morgan fingerprint density at radius 2 is 1.97 bits per heavy atom. The highest BCUT2D eigenvalue weighted by Gasteiger charge is 2.14. The monoisotopic (exact) mass is 454 g/mol. The third-order valence-electron chi connectivity index (χ3n) is 3.82. The van der Waals surface area contributed by atoms with Gasteiger partial charge in [0.1, 0.15) is 18.2 Å². The Labute approximate surface area is 181 Å². The topological polar surface area (TPSA) is 69.0 Å². The van der Waals surface area contributed by atoms with Gasteiger partial charge in [-0.05, 0) is 43.3 Å². The minimum atomic E-state index is -0.359. The highest BCUT2D eigenvalue weighted by Crippen LogP contribution is 2.28. The Balaban J connectivity index is 1.59. The van der Waals surface area contributed by atoms with E-state index >= 15 is 0 Å². The molecule has 6 nitrogen and oxygen atoms in total. The number of aromatic nitrogens is 3. The molecular weight excluding hydrogens is 438 g/mol. The first-order chi connectivity index (χ1) is 14.0. The van der Waals surface area contributed by atoms with Crippen LogP contribution in [0.15, 0.2) is 47.6 Å². The van der Waals surface area contributed by atoms with E-state index in [1.807, 2.05) is 11.5 Å². The fraction of sp³-hybridized carbons (Fsp3) is 0.211. The van der Waals surface area contributed by atoms with Gasteiger partial charge < -0.3 is 14.6 Å². The average molecular weight is 455 g/mol. The van der Waals surface area contributed by atoms with Gasteiger partial charge in [-0.1, -0.05) is 35.0 Å². The smallest absolute Gasteiger partial charge is 0.234 e. The Hall–Kier alpha value is -2.29. The maximum Gasteiger partial charge on any atom is 0.234 e. The van der Waals surface area contributed by atoms with E-state index in [0.717, 1.165) is 0 Å². The summed E-state index contributed by atoms with van der Waals surface area (Å²) < 4.78 is 20.5. The Kier molecular flexibility index (Phi) is 7.35. The van der Waals surface area contributed by atoms with Crippen LogP contribution in [0.3, 0.4) is 0 Å². The van der Waals surface area contributed by atoms with E-state index in [0.29, 0.717) is 39.0 Å². The van der Waals surface area contributed by atoms with Crippen molar-refractivity contribution in [2.24, 2.45) is 0 Å². The first-order valence-corrected chi connectivity index (χ1v) is 10.4. The molecule has 1 amide bonds. The largest absolute Gasteiger partial charge is 0.484 e. The van der Waals surface area contributed by atoms with Crippen LogP contribution >= 0.6 is 35.0 Å². The molecule has 1 N–H and O–H groups in total. The highest BCUT2D eigenvalue weighted by atomic mass is 35.5. The molecule has 1 heterocycles. The van der Waals surface area contributed by atoms with Crippen LogP contribution < -0.4 is 10.1 Å². The molecule has 3 aromatic rings. The van der Waals surface area contributed by atoms with E-state index in [9.17, 15) is 9.18 Å². The van der Waals surface area contributed by atoms with Gasteiger partial charge in [0.2, 0.25) is 5.91 Å². The summed E-state index contributed by atoms with van der Waals surface area (Å²) in [4.78, 5) is 12.1. The number of amides is 1. The van der Waals surface area contributed by atoms with Crippen molar-refractivity contribution in [1.82, 2.24) is 14.8 Å². The molecule has 0 atom stereocenters. The molecule has 0 fully saturated rings. The predicted molar refractivity (Wildman–Crippen MR) is 112 cm³/mol. The zero-order chi connectivity index (χ0) is 20.8. The SMILES string of the molecule is CCn1c(COc2cc(Cl)ccc2Cl)nnc1SCC(=O)Nc1ccc(F)cc1. The molecule has 2 aromatic carbocycles. The van der Waals surface area contributed by atoms with Crippen LogP contribution in [0.1, 0.15) is 12.7 Å². The van der Waals surface area contributed by atoms with Gasteiger partial charge in [-0.15, -0.1) is 10.2 Å². The number of carbonyl (C=O) groups is 1. The average Bonchev–Trinajstić information content (AvgIpc) is 3.10. The quantitative estimate of drug-likeness (QED) is 0.482. The lowest BCUT2D eigenvalue weighted by Gasteiger charge is -2.10. The lowest BCUT2D eigenvalue weighted by atomic mass is 10.3. The second-order valence-electron chi connectivity index (χ2n) is 5.85. The maximum atomic E-state index is 12.9. The summed E-state index contributed by atoms with van der Waals surface area (Å²) in [7, 11) is 0. The van der Waals surface area contributed by atoms with Crippen LogP contribution in [-0.4, -0.2) is 26.4 Å². The number of thioether (sulfide) groups is 1. The van der Waals surface area contributed by atoms with E-state index < -0.39 is 0 Å². The number of halogens is 3.